The number of carbonyl (C=O) groups is 1. The van der Waals surface area contributed by atoms with Crippen LogP contribution in [0.25, 0.3) is 0 Å². The van der Waals surface area contributed by atoms with Gasteiger partial charge in [0.05, 0.1) is 11.7 Å². The maximum Gasteiger partial charge on any atom is 0.335 e. The molecule has 2 rings (SSSR count). The number of carboxylic acid groups (broad SMARTS) is 1. The minimum absolute atomic E-state index is 0.192. The summed E-state index contributed by atoms with van der Waals surface area (Å²) in [4.78, 5) is 11.0. The van der Waals surface area contributed by atoms with E-state index >= 15 is 0 Å². The molecule has 0 radical (unpaired) electrons. The van der Waals surface area contributed by atoms with Gasteiger partial charge in [0.1, 0.15) is 5.75 Å². The molecule has 0 amide bonds. The summed E-state index contributed by atoms with van der Waals surface area (Å²) in [5.74, 6) is 0.0740. The van der Waals surface area contributed by atoms with Gasteiger partial charge in [-0.25, -0.2) is 4.79 Å². The Labute approximate surface area is 144 Å². The van der Waals surface area contributed by atoms with Crippen LogP contribution in [0.5, 0.6) is 5.75 Å². The standard InChI is InChI=1S/C21H26O3/c1-15(2)24-19-10-6-9-17(14-19)7-4-5-8-18-11-12-20(21(22)23)16(3)13-18/h6,9-15H,4-5,7-8H2,1-3H3,(H,22,23). The molecule has 2 aromatic rings. The zero-order valence-corrected chi connectivity index (χ0v) is 14.7. The average molecular weight is 326 g/mol. The molecule has 0 aliphatic heterocycles. The van der Waals surface area contributed by atoms with Crippen molar-refractivity contribution in [2.24, 2.45) is 0 Å². The fourth-order valence-electron chi connectivity index (χ4n) is 2.83. The number of carboxylic acids is 1. The summed E-state index contributed by atoms with van der Waals surface area (Å²) in [5.41, 5.74) is 3.72. The Hall–Kier alpha value is -2.29. The lowest BCUT2D eigenvalue weighted by Crippen LogP contribution is -2.05. The van der Waals surface area contributed by atoms with Gasteiger partial charge in [0.2, 0.25) is 0 Å². The van der Waals surface area contributed by atoms with E-state index in [1.165, 1.54) is 11.1 Å². The second-order valence-corrected chi connectivity index (χ2v) is 6.48. The van der Waals surface area contributed by atoms with Crippen LogP contribution in [-0.4, -0.2) is 17.2 Å². The minimum atomic E-state index is -0.859. The Morgan fingerprint density at radius 1 is 1.04 bits per heavy atom. The third-order valence-electron chi connectivity index (χ3n) is 3.97. The van der Waals surface area contributed by atoms with Gasteiger partial charge in [-0.1, -0.05) is 24.3 Å². The molecular weight excluding hydrogens is 300 g/mol. The predicted octanol–water partition coefficient (Wildman–Crippen LogP) is 5.05. The van der Waals surface area contributed by atoms with E-state index in [4.69, 9.17) is 9.84 Å². The first-order valence-corrected chi connectivity index (χ1v) is 8.54. The third kappa shape index (κ3) is 5.41. The quantitative estimate of drug-likeness (QED) is 0.691. The van der Waals surface area contributed by atoms with Crippen molar-refractivity contribution in [2.45, 2.75) is 52.6 Å². The molecule has 0 atom stereocenters. The van der Waals surface area contributed by atoms with Crippen LogP contribution in [0.2, 0.25) is 0 Å². The van der Waals surface area contributed by atoms with Crippen LogP contribution in [-0.2, 0) is 12.8 Å². The molecule has 3 nitrogen and oxygen atoms in total. The molecular formula is C21H26O3. The highest BCUT2D eigenvalue weighted by Gasteiger charge is 2.07. The first kappa shape index (κ1) is 18.1. The van der Waals surface area contributed by atoms with Crippen molar-refractivity contribution in [3.8, 4) is 5.75 Å². The van der Waals surface area contributed by atoms with Crippen LogP contribution in [0, 0.1) is 6.92 Å². The van der Waals surface area contributed by atoms with E-state index in [1.807, 2.05) is 45.0 Å². The molecule has 0 spiro atoms. The highest BCUT2D eigenvalue weighted by molar-refractivity contribution is 5.89. The van der Waals surface area contributed by atoms with E-state index in [-0.39, 0.29) is 6.10 Å². The van der Waals surface area contributed by atoms with Gasteiger partial charge in [-0.15, -0.1) is 0 Å². The van der Waals surface area contributed by atoms with Gasteiger partial charge in [-0.2, -0.15) is 0 Å². The predicted molar refractivity (Wildman–Crippen MR) is 97.0 cm³/mol. The number of hydrogen-bond acceptors (Lipinski definition) is 2. The lowest BCUT2D eigenvalue weighted by Gasteiger charge is -2.11. The molecule has 3 heteroatoms. The van der Waals surface area contributed by atoms with Gasteiger partial charge in [0.25, 0.3) is 0 Å². The largest absolute Gasteiger partial charge is 0.491 e. The van der Waals surface area contributed by atoms with Gasteiger partial charge in [-0.05, 0) is 81.3 Å². The van der Waals surface area contributed by atoms with Gasteiger partial charge < -0.3 is 9.84 Å². The van der Waals surface area contributed by atoms with E-state index in [1.54, 1.807) is 6.07 Å². The molecule has 0 heterocycles. The van der Waals surface area contributed by atoms with E-state index in [9.17, 15) is 4.79 Å². The average Bonchev–Trinajstić information content (AvgIpc) is 2.51. The summed E-state index contributed by atoms with van der Waals surface area (Å²) in [7, 11) is 0. The van der Waals surface area contributed by atoms with Crippen LogP contribution in [0.15, 0.2) is 42.5 Å². The number of aromatic carboxylic acids is 1. The van der Waals surface area contributed by atoms with Gasteiger partial charge in [0.15, 0.2) is 0 Å². The molecule has 0 aromatic heterocycles. The molecule has 0 aliphatic carbocycles. The second kappa shape index (κ2) is 8.53. The van der Waals surface area contributed by atoms with Gasteiger partial charge >= 0.3 is 5.97 Å². The summed E-state index contributed by atoms with van der Waals surface area (Å²) in [6.07, 6.45) is 4.38. The zero-order chi connectivity index (χ0) is 17.5. The summed E-state index contributed by atoms with van der Waals surface area (Å²) in [5, 5.41) is 9.06. The first-order valence-electron chi connectivity index (χ1n) is 8.54. The topological polar surface area (TPSA) is 46.5 Å². The molecule has 1 N–H and O–H groups in total. The Balaban J connectivity index is 1.83. The Bertz CT molecular complexity index is 689. The number of hydrogen-bond donors (Lipinski definition) is 1. The van der Waals surface area contributed by atoms with E-state index in [0.29, 0.717) is 5.56 Å². The van der Waals surface area contributed by atoms with Crippen molar-refractivity contribution < 1.29 is 14.6 Å². The SMILES string of the molecule is Cc1cc(CCCCc2cccc(OC(C)C)c2)ccc1C(=O)O. The normalized spacial score (nSPS) is 10.8. The van der Waals surface area contributed by atoms with Crippen LogP contribution >= 0.6 is 0 Å². The van der Waals surface area contributed by atoms with Crippen molar-refractivity contribution >= 4 is 5.97 Å². The van der Waals surface area contributed by atoms with E-state index < -0.39 is 5.97 Å². The fraction of sp³-hybridized carbons (Fsp3) is 0.381. The molecule has 0 bridgehead atoms. The van der Waals surface area contributed by atoms with Crippen molar-refractivity contribution in [1.82, 2.24) is 0 Å². The Morgan fingerprint density at radius 2 is 1.71 bits per heavy atom. The Morgan fingerprint density at radius 3 is 2.29 bits per heavy atom. The van der Waals surface area contributed by atoms with Crippen molar-refractivity contribution in [3.63, 3.8) is 0 Å². The number of aryl methyl sites for hydroxylation is 3. The van der Waals surface area contributed by atoms with Crippen LogP contribution in [0.4, 0.5) is 0 Å². The maximum atomic E-state index is 11.0. The number of rotatable bonds is 8. The zero-order valence-electron chi connectivity index (χ0n) is 14.7. The van der Waals surface area contributed by atoms with Crippen LogP contribution in [0.3, 0.4) is 0 Å². The van der Waals surface area contributed by atoms with Crippen molar-refractivity contribution in [1.29, 1.82) is 0 Å². The van der Waals surface area contributed by atoms with Gasteiger partial charge in [0, 0.05) is 0 Å². The van der Waals surface area contributed by atoms with E-state index in [2.05, 4.69) is 12.1 Å². The number of unbranched alkanes of at least 4 members (excludes halogenated alkanes) is 1. The van der Waals surface area contributed by atoms with Crippen LogP contribution < -0.4 is 4.74 Å². The molecule has 24 heavy (non-hydrogen) atoms. The summed E-state index contributed by atoms with van der Waals surface area (Å²) in [6.45, 7) is 5.92. The molecule has 128 valence electrons. The molecule has 0 aliphatic rings. The summed E-state index contributed by atoms with van der Waals surface area (Å²) in [6, 6.07) is 13.9. The lowest BCUT2D eigenvalue weighted by molar-refractivity contribution is 0.0696. The van der Waals surface area contributed by atoms with Crippen molar-refractivity contribution in [3.05, 3.63) is 64.7 Å². The number of ether oxygens (including phenoxy) is 1. The molecule has 0 unspecified atom stereocenters. The first-order chi connectivity index (χ1) is 11.5. The second-order valence-electron chi connectivity index (χ2n) is 6.48. The molecule has 0 saturated carbocycles. The van der Waals surface area contributed by atoms with Crippen LogP contribution in [0.1, 0.15) is 53.7 Å². The maximum absolute atomic E-state index is 11.0. The summed E-state index contributed by atoms with van der Waals surface area (Å²) >= 11 is 0. The fourth-order valence-corrected chi connectivity index (χ4v) is 2.83. The highest BCUT2D eigenvalue weighted by Crippen LogP contribution is 2.18. The van der Waals surface area contributed by atoms with Gasteiger partial charge in [-0.3, -0.25) is 0 Å². The molecule has 0 fully saturated rings. The monoisotopic (exact) mass is 326 g/mol. The lowest BCUT2D eigenvalue weighted by atomic mass is 10.00. The van der Waals surface area contributed by atoms with E-state index in [0.717, 1.165) is 37.0 Å². The van der Waals surface area contributed by atoms with Crippen molar-refractivity contribution in [2.75, 3.05) is 0 Å². The number of benzene rings is 2. The third-order valence-corrected chi connectivity index (χ3v) is 3.97. The smallest absolute Gasteiger partial charge is 0.335 e. The molecule has 2 aromatic carbocycles. The minimum Gasteiger partial charge on any atom is -0.491 e. The molecule has 0 saturated heterocycles. The highest BCUT2D eigenvalue weighted by atomic mass is 16.5. The Kier molecular flexibility index (Phi) is 6.42. The summed E-state index contributed by atoms with van der Waals surface area (Å²) < 4.78 is 5.73.